The molecule has 0 spiro atoms. The van der Waals surface area contributed by atoms with Crippen molar-refractivity contribution < 1.29 is 9.72 Å². The second-order valence-corrected chi connectivity index (χ2v) is 4.15. The monoisotopic (exact) mass is 296 g/mol. The summed E-state index contributed by atoms with van der Waals surface area (Å²) in [4.78, 5) is 25.7. The van der Waals surface area contributed by atoms with Crippen molar-refractivity contribution >= 4 is 23.9 Å². The van der Waals surface area contributed by atoms with E-state index in [-0.39, 0.29) is 11.4 Å². The number of nitrogens with one attached hydrogen (secondary N) is 1. The third kappa shape index (κ3) is 4.34. The van der Waals surface area contributed by atoms with Gasteiger partial charge in [-0.3, -0.25) is 19.9 Å². The molecule has 110 valence electrons. The van der Waals surface area contributed by atoms with Gasteiger partial charge < -0.3 is 0 Å². The SMILES string of the molecule is O=C(N/N=C\C=C/c1cccc([N+](=O)[O-])c1)c1ccccn1. The average Bonchev–Trinajstić information content (AvgIpc) is 2.55. The zero-order valence-corrected chi connectivity index (χ0v) is 11.4. The van der Waals surface area contributed by atoms with Gasteiger partial charge in [-0.1, -0.05) is 24.3 Å². The fourth-order valence-corrected chi connectivity index (χ4v) is 1.59. The van der Waals surface area contributed by atoms with E-state index in [1.807, 2.05) is 0 Å². The largest absolute Gasteiger partial charge is 0.289 e. The molecule has 1 heterocycles. The Morgan fingerprint density at radius 1 is 1.27 bits per heavy atom. The standard InChI is InChI=1S/C15H12N4O3/c20-15(14-8-1-2-9-16-14)18-17-10-4-6-12-5-3-7-13(11-12)19(21)22/h1-11H,(H,18,20)/b6-4-,17-10-. The summed E-state index contributed by atoms with van der Waals surface area (Å²) in [5.74, 6) is -0.416. The molecule has 1 amide bonds. The minimum Gasteiger partial charge on any atom is -0.266 e. The van der Waals surface area contributed by atoms with Gasteiger partial charge in [-0.25, -0.2) is 5.43 Å². The van der Waals surface area contributed by atoms with Gasteiger partial charge in [-0.15, -0.1) is 0 Å². The summed E-state index contributed by atoms with van der Waals surface area (Å²) in [7, 11) is 0. The summed E-state index contributed by atoms with van der Waals surface area (Å²) in [5.41, 5.74) is 3.27. The fraction of sp³-hybridized carbons (Fsp3) is 0. The van der Waals surface area contributed by atoms with Crippen LogP contribution >= 0.6 is 0 Å². The number of non-ortho nitro benzene ring substituents is 1. The summed E-state index contributed by atoms with van der Waals surface area (Å²) in [6.45, 7) is 0. The number of carbonyl (C=O) groups excluding carboxylic acids is 1. The number of hydrazone groups is 1. The van der Waals surface area contributed by atoms with E-state index >= 15 is 0 Å². The topological polar surface area (TPSA) is 97.5 Å². The number of hydrogen-bond donors (Lipinski definition) is 1. The number of rotatable bonds is 5. The molecule has 2 rings (SSSR count). The average molecular weight is 296 g/mol. The van der Waals surface area contributed by atoms with Gasteiger partial charge in [-0.05, 0) is 23.8 Å². The van der Waals surface area contributed by atoms with Gasteiger partial charge >= 0.3 is 0 Å². The molecule has 1 aromatic heterocycles. The number of pyridine rings is 1. The molecular weight excluding hydrogens is 284 g/mol. The predicted molar refractivity (Wildman–Crippen MR) is 82.3 cm³/mol. The number of carbonyl (C=O) groups is 1. The number of hydrogen-bond acceptors (Lipinski definition) is 5. The van der Waals surface area contributed by atoms with Crippen molar-refractivity contribution in [2.75, 3.05) is 0 Å². The molecule has 7 heteroatoms. The molecule has 0 aliphatic carbocycles. The molecule has 2 aromatic rings. The molecular formula is C15H12N4O3. The first-order chi connectivity index (χ1) is 10.7. The summed E-state index contributed by atoms with van der Waals surface area (Å²) >= 11 is 0. The number of nitro benzene ring substituents is 1. The molecule has 0 aliphatic rings. The molecule has 1 N–H and O–H groups in total. The van der Waals surface area contributed by atoms with E-state index < -0.39 is 10.8 Å². The molecule has 0 atom stereocenters. The highest BCUT2D eigenvalue weighted by molar-refractivity contribution is 5.92. The maximum Gasteiger partial charge on any atom is 0.289 e. The maximum atomic E-state index is 11.6. The van der Waals surface area contributed by atoms with Crippen LogP contribution in [0.25, 0.3) is 6.08 Å². The van der Waals surface area contributed by atoms with E-state index in [0.29, 0.717) is 5.56 Å². The lowest BCUT2D eigenvalue weighted by Crippen LogP contribution is -2.18. The molecule has 0 aliphatic heterocycles. The molecule has 1 aromatic carbocycles. The summed E-state index contributed by atoms with van der Waals surface area (Å²) in [6, 6.07) is 11.2. The zero-order chi connectivity index (χ0) is 15.8. The minimum absolute atomic E-state index is 0.0162. The van der Waals surface area contributed by atoms with Gasteiger partial charge in [0, 0.05) is 24.5 Å². The highest BCUT2D eigenvalue weighted by Crippen LogP contribution is 2.13. The van der Waals surface area contributed by atoms with Crippen molar-refractivity contribution in [2.24, 2.45) is 5.10 Å². The van der Waals surface area contributed by atoms with Crippen LogP contribution in [0.2, 0.25) is 0 Å². The Balaban J connectivity index is 1.91. The normalized spacial score (nSPS) is 10.9. The number of amides is 1. The van der Waals surface area contributed by atoms with Crippen LogP contribution in [0.3, 0.4) is 0 Å². The van der Waals surface area contributed by atoms with Crippen LogP contribution in [-0.2, 0) is 0 Å². The first kappa shape index (κ1) is 15.0. The van der Waals surface area contributed by atoms with Gasteiger partial charge in [0.25, 0.3) is 11.6 Å². The summed E-state index contributed by atoms with van der Waals surface area (Å²) in [5, 5.41) is 14.4. The first-order valence-corrected chi connectivity index (χ1v) is 6.32. The van der Waals surface area contributed by atoms with Crippen LogP contribution in [0.5, 0.6) is 0 Å². The van der Waals surface area contributed by atoms with Gasteiger partial charge in [-0.2, -0.15) is 5.10 Å². The van der Waals surface area contributed by atoms with E-state index in [9.17, 15) is 14.9 Å². The molecule has 0 unspecified atom stereocenters. The number of aromatic nitrogens is 1. The van der Waals surface area contributed by atoms with Gasteiger partial charge in [0.05, 0.1) is 4.92 Å². The van der Waals surface area contributed by atoms with E-state index in [1.165, 1.54) is 24.5 Å². The fourth-order valence-electron chi connectivity index (χ4n) is 1.59. The van der Waals surface area contributed by atoms with Crippen LogP contribution < -0.4 is 5.43 Å². The van der Waals surface area contributed by atoms with Crippen molar-refractivity contribution in [1.29, 1.82) is 0 Å². The molecule has 7 nitrogen and oxygen atoms in total. The second-order valence-electron chi connectivity index (χ2n) is 4.15. The lowest BCUT2D eigenvalue weighted by atomic mass is 10.2. The Morgan fingerprint density at radius 3 is 2.86 bits per heavy atom. The lowest BCUT2D eigenvalue weighted by Gasteiger charge is -1.96. The Hall–Kier alpha value is -3.35. The minimum atomic E-state index is -0.460. The third-order valence-corrected chi connectivity index (χ3v) is 2.59. The van der Waals surface area contributed by atoms with E-state index in [1.54, 1.807) is 42.5 Å². The lowest BCUT2D eigenvalue weighted by molar-refractivity contribution is -0.384. The summed E-state index contributed by atoms with van der Waals surface area (Å²) in [6.07, 6.45) is 6.10. The van der Waals surface area contributed by atoms with Crippen LogP contribution in [-0.4, -0.2) is 22.0 Å². The third-order valence-electron chi connectivity index (χ3n) is 2.59. The highest BCUT2D eigenvalue weighted by atomic mass is 16.6. The Morgan fingerprint density at radius 2 is 2.14 bits per heavy atom. The van der Waals surface area contributed by atoms with Crippen LogP contribution in [0.1, 0.15) is 16.1 Å². The molecule has 0 fully saturated rings. The summed E-state index contributed by atoms with van der Waals surface area (Å²) < 4.78 is 0. The van der Waals surface area contributed by atoms with Gasteiger partial charge in [0.15, 0.2) is 0 Å². The van der Waals surface area contributed by atoms with E-state index in [2.05, 4.69) is 15.5 Å². The van der Waals surface area contributed by atoms with Crippen LogP contribution in [0.15, 0.2) is 59.8 Å². The van der Waals surface area contributed by atoms with Gasteiger partial charge in [0.1, 0.15) is 5.69 Å². The van der Waals surface area contributed by atoms with Crippen LogP contribution in [0.4, 0.5) is 5.69 Å². The zero-order valence-electron chi connectivity index (χ0n) is 11.4. The molecule has 0 saturated carbocycles. The molecule has 0 radical (unpaired) electrons. The van der Waals surface area contributed by atoms with E-state index in [4.69, 9.17) is 0 Å². The Bertz CT molecular complexity index is 727. The number of nitrogens with zero attached hydrogens (tertiary/aromatic N) is 3. The van der Waals surface area contributed by atoms with E-state index in [0.717, 1.165) is 0 Å². The molecule has 0 bridgehead atoms. The number of nitro groups is 1. The van der Waals surface area contributed by atoms with Crippen molar-refractivity contribution in [3.63, 3.8) is 0 Å². The predicted octanol–water partition coefficient (Wildman–Crippen LogP) is 2.42. The van der Waals surface area contributed by atoms with Gasteiger partial charge in [0.2, 0.25) is 0 Å². The molecule has 0 saturated heterocycles. The Labute approximate surface area is 126 Å². The quantitative estimate of drug-likeness (QED) is 0.520. The number of allylic oxidation sites excluding steroid dienone is 1. The number of benzene rings is 1. The maximum absolute atomic E-state index is 11.6. The van der Waals surface area contributed by atoms with Crippen molar-refractivity contribution in [2.45, 2.75) is 0 Å². The van der Waals surface area contributed by atoms with Crippen molar-refractivity contribution in [3.8, 4) is 0 Å². The smallest absolute Gasteiger partial charge is 0.266 e. The Kier molecular flexibility index (Phi) is 5.09. The van der Waals surface area contributed by atoms with Crippen LogP contribution in [0, 0.1) is 10.1 Å². The van der Waals surface area contributed by atoms with Crippen molar-refractivity contribution in [1.82, 2.24) is 10.4 Å². The highest BCUT2D eigenvalue weighted by Gasteiger charge is 2.04. The first-order valence-electron chi connectivity index (χ1n) is 6.32. The second kappa shape index (κ2) is 7.44. The van der Waals surface area contributed by atoms with Crippen molar-refractivity contribution in [3.05, 3.63) is 76.1 Å². The molecule has 22 heavy (non-hydrogen) atoms.